The van der Waals surface area contributed by atoms with E-state index >= 15 is 0 Å². The molecule has 3 aromatic heterocycles. The van der Waals surface area contributed by atoms with Crippen molar-refractivity contribution < 1.29 is 0 Å². The van der Waals surface area contributed by atoms with Gasteiger partial charge in [-0.2, -0.15) is 0 Å². The second kappa shape index (κ2) is 6.47. The maximum absolute atomic E-state index is 5.08. The molecule has 0 saturated carbocycles. The average molecular weight is 415 g/mol. The molecule has 3 heterocycles. The van der Waals surface area contributed by atoms with E-state index in [9.17, 15) is 0 Å². The fourth-order valence-corrected chi connectivity index (χ4v) is 5.30. The third-order valence-corrected chi connectivity index (χ3v) is 6.56. The SMILES string of the molecule is CCCn1c2ccccc2c2c1ccc1c2n2c3ccccc3nc2n1-c1ccccc1. The molecular weight excluding hydrogens is 392 g/mol. The number of fused-ring (bicyclic) bond motifs is 9. The first-order valence-corrected chi connectivity index (χ1v) is 11.2. The molecule has 4 aromatic carbocycles. The van der Waals surface area contributed by atoms with Crippen molar-refractivity contribution >= 4 is 49.7 Å². The van der Waals surface area contributed by atoms with Crippen LogP contribution < -0.4 is 0 Å². The lowest BCUT2D eigenvalue weighted by atomic mass is 10.1. The van der Waals surface area contributed by atoms with Crippen molar-refractivity contribution in [2.24, 2.45) is 0 Å². The van der Waals surface area contributed by atoms with Crippen LogP contribution >= 0.6 is 0 Å². The normalized spacial score (nSPS) is 12.2. The van der Waals surface area contributed by atoms with Crippen molar-refractivity contribution in [2.75, 3.05) is 0 Å². The van der Waals surface area contributed by atoms with E-state index in [0.29, 0.717) is 0 Å². The zero-order valence-corrected chi connectivity index (χ0v) is 17.9. The first-order valence-electron chi connectivity index (χ1n) is 11.2. The van der Waals surface area contributed by atoms with Crippen molar-refractivity contribution in [3.05, 3.63) is 91.0 Å². The van der Waals surface area contributed by atoms with E-state index in [1.165, 1.54) is 32.8 Å². The van der Waals surface area contributed by atoms with Crippen LogP contribution in [0.1, 0.15) is 13.3 Å². The van der Waals surface area contributed by atoms with Crippen LogP contribution in [0.25, 0.3) is 55.3 Å². The minimum Gasteiger partial charge on any atom is -0.340 e. The molecule has 0 atom stereocenters. The minimum atomic E-state index is 0.951. The predicted octanol–water partition coefficient (Wildman–Crippen LogP) is 6.95. The van der Waals surface area contributed by atoms with Crippen LogP contribution in [-0.2, 0) is 6.54 Å². The van der Waals surface area contributed by atoms with Gasteiger partial charge < -0.3 is 4.57 Å². The first-order chi connectivity index (χ1) is 15.9. The van der Waals surface area contributed by atoms with Gasteiger partial charge in [-0.3, -0.25) is 8.97 Å². The third kappa shape index (κ3) is 2.19. The summed E-state index contributed by atoms with van der Waals surface area (Å²) in [5, 5.41) is 2.60. The highest BCUT2D eigenvalue weighted by atomic mass is 15.2. The van der Waals surface area contributed by atoms with Crippen molar-refractivity contribution in [3.63, 3.8) is 0 Å². The van der Waals surface area contributed by atoms with Crippen molar-refractivity contribution in [1.82, 2.24) is 18.5 Å². The van der Waals surface area contributed by atoms with E-state index in [2.05, 4.69) is 111 Å². The summed E-state index contributed by atoms with van der Waals surface area (Å²) < 4.78 is 7.11. The summed E-state index contributed by atoms with van der Waals surface area (Å²) in [4.78, 5) is 5.08. The van der Waals surface area contributed by atoms with Gasteiger partial charge in [-0.1, -0.05) is 55.5 Å². The highest BCUT2D eigenvalue weighted by Gasteiger charge is 2.22. The quantitative estimate of drug-likeness (QED) is 0.307. The molecule has 32 heavy (non-hydrogen) atoms. The highest BCUT2D eigenvalue weighted by molar-refractivity contribution is 6.20. The summed E-state index contributed by atoms with van der Waals surface area (Å²) in [6.45, 7) is 3.25. The minimum absolute atomic E-state index is 0.951. The van der Waals surface area contributed by atoms with Crippen LogP contribution in [0.3, 0.4) is 0 Å². The Morgan fingerprint density at radius 1 is 0.688 bits per heavy atom. The Kier molecular flexibility index (Phi) is 3.56. The number of imidazole rings is 2. The lowest BCUT2D eigenvalue weighted by molar-refractivity contribution is 0.724. The molecule has 4 nitrogen and oxygen atoms in total. The van der Waals surface area contributed by atoms with E-state index in [4.69, 9.17) is 4.98 Å². The number of benzene rings is 4. The summed E-state index contributed by atoms with van der Waals surface area (Å²) in [7, 11) is 0. The topological polar surface area (TPSA) is 27.2 Å². The maximum atomic E-state index is 5.08. The van der Waals surface area contributed by atoms with E-state index in [1.54, 1.807) is 0 Å². The van der Waals surface area contributed by atoms with Gasteiger partial charge in [-0.25, -0.2) is 4.98 Å². The van der Waals surface area contributed by atoms with Gasteiger partial charge in [0.15, 0.2) is 0 Å². The van der Waals surface area contributed by atoms with Gasteiger partial charge in [0.1, 0.15) is 0 Å². The molecule has 0 aliphatic carbocycles. The van der Waals surface area contributed by atoms with Crippen molar-refractivity contribution in [2.45, 2.75) is 19.9 Å². The molecule has 0 unspecified atom stereocenters. The highest BCUT2D eigenvalue weighted by Crippen LogP contribution is 2.38. The number of hydrogen-bond acceptors (Lipinski definition) is 1. The van der Waals surface area contributed by atoms with Gasteiger partial charge in [0.2, 0.25) is 5.78 Å². The molecule has 4 heteroatoms. The van der Waals surface area contributed by atoms with Gasteiger partial charge >= 0.3 is 0 Å². The molecule has 0 spiro atoms. The van der Waals surface area contributed by atoms with Crippen LogP contribution in [0.4, 0.5) is 0 Å². The second-order valence-corrected chi connectivity index (χ2v) is 8.40. The Balaban J connectivity index is 1.80. The molecule has 0 radical (unpaired) electrons. The van der Waals surface area contributed by atoms with Crippen LogP contribution in [0.5, 0.6) is 0 Å². The van der Waals surface area contributed by atoms with Crippen LogP contribution in [0.15, 0.2) is 91.0 Å². The predicted molar refractivity (Wildman–Crippen MR) is 133 cm³/mol. The molecule has 0 amide bonds. The summed E-state index contributed by atoms with van der Waals surface area (Å²) in [6, 6.07) is 32.3. The first kappa shape index (κ1) is 17.6. The molecule has 0 aliphatic rings. The van der Waals surface area contributed by atoms with Gasteiger partial charge in [0, 0.05) is 28.5 Å². The van der Waals surface area contributed by atoms with Gasteiger partial charge in [-0.15, -0.1) is 0 Å². The van der Waals surface area contributed by atoms with E-state index in [1.807, 2.05) is 0 Å². The second-order valence-electron chi connectivity index (χ2n) is 8.40. The zero-order valence-electron chi connectivity index (χ0n) is 17.9. The van der Waals surface area contributed by atoms with Crippen molar-refractivity contribution in [1.29, 1.82) is 0 Å². The Hall–Kier alpha value is -4.05. The average Bonchev–Trinajstić information content (AvgIpc) is 3.47. The largest absolute Gasteiger partial charge is 0.340 e. The molecule has 0 aliphatic heterocycles. The number of rotatable bonds is 3. The van der Waals surface area contributed by atoms with Crippen LogP contribution in [-0.4, -0.2) is 18.5 Å². The molecule has 154 valence electrons. The molecule has 0 fully saturated rings. The number of aryl methyl sites for hydroxylation is 1. The van der Waals surface area contributed by atoms with Gasteiger partial charge in [0.25, 0.3) is 0 Å². The Morgan fingerprint density at radius 3 is 2.25 bits per heavy atom. The summed E-state index contributed by atoms with van der Waals surface area (Å²) in [5.41, 5.74) is 8.26. The van der Waals surface area contributed by atoms with Gasteiger partial charge in [0.05, 0.1) is 27.6 Å². The van der Waals surface area contributed by atoms with Crippen LogP contribution in [0, 0.1) is 0 Å². The maximum Gasteiger partial charge on any atom is 0.220 e. The number of hydrogen-bond donors (Lipinski definition) is 0. The van der Waals surface area contributed by atoms with Crippen LogP contribution in [0.2, 0.25) is 0 Å². The number of para-hydroxylation sites is 4. The Labute approximate surface area is 184 Å². The number of aromatic nitrogens is 4. The lowest BCUT2D eigenvalue weighted by Crippen LogP contribution is -1.96. The van der Waals surface area contributed by atoms with E-state index < -0.39 is 0 Å². The van der Waals surface area contributed by atoms with E-state index in [-0.39, 0.29) is 0 Å². The van der Waals surface area contributed by atoms with Gasteiger partial charge in [-0.05, 0) is 48.9 Å². The Bertz CT molecular complexity index is 1780. The molecule has 0 bridgehead atoms. The molecule has 0 saturated heterocycles. The Morgan fingerprint density at radius 2 is 1.41 bits per heavy atom. The van der Waals surface area contributed by atoms with Crippen molar-refractivity contribution in [3.8, 4) is 5.69 Å². The molecular formula is C28H22N4. The summed E-state index contributed by atoms with van der Waals surface area (Å²) in [5.74, 6) is 0.951. The fraction of sp³-hybridized carbons (Fsp3) is 0.107. The fourth-order valence-electron chi connectivity index (χ4n) is 5.30. The summed E-state index contributed by atoms with van der Waals surface area (Å²) in [6.07, 6.45) is 1.10. The molecule has 7 aromatic rings. The molecule has 7 rings (SSSR count). The monoisotopic (exact) mass is 414 g/mol. The standard InChI is InChI=1S/C28H22N4/c1-2-18-30-22-14-8-6-12-20(22)26-24(30)16-17-25-27(26)32-23-15-9-7-13-21(23)29-28(32)31(25)19-10-4-3-5-11-19/h3-17H,2,18H2,1H3. The zero-order chi connectivity index (χ0) is 21.2. The summed E-state index contributed by atoms with van der Waals surface area (Å²) >= 11 is 0. The number of nitrogens with zero attached hydrogens (tertiary/aromatic N) is 4. The molecule has 0 N–H and O–H groups in total. The lowest BCUT2D eigenvalue weighted by Gasteiger charge is -2.07. The third-order valence-electron chi connectivity index (χ3n) is 6.56. The van der Waals surface area contributed by atoms with E-state index in [0.717, 1.165) is 35.5 Å². The smallest absolute Gasteiger partial charge is 0.220 e.